The van der Waals surface area contributed by atoms with Crippen LogP contribution in [0.2, 0.25) is 0 Å². The maximum absolute atomic E-state index is 13.1. The van der Waals surface area contributed by atoms with E-state index in [1.54, 1.807) is 4.90 Å². The first-order chi connectivity index (χ1) is 11.7. The highest BCUT2D eigenvalue weighted by atomic mass is 16.4. The first-order valence-electron chi connectivity index (χ1n) is 8.92. The maximum atomic E-state index is 13.1. The van der Waals surface area contributed by atoms with E-state index in [2.05, 4.69) is 13.8 Å². The van der Waals surface area contributed by atoms with E-state index in [1.165, 1.54) is 0 Å². The molecule has 25 heavy (non-hydrogen) atoms. The smallest absolute Gasteiger partial charge is 0.294 e. The van der Waals surface area contributed by atoms with Crippen LogP contribution in [0.1, 0.15) is 66.3 Å². The Balaban J connectivity index is 2.00. The van der Waals surface area contributed by atoms with Crippen molar-refractivity contribution in [2.24, 2.45) is 5.41 Å². The Hall–Kier alpha value is -2.07. The van der Waals surface area contributed by atoms with Crippen molar-refractivity contribution in [3.05, 3.63) is 52.5 Å². The number of aliphatic hydroxyl groups is 1. The minimum absolute atomic E-state index is 0.0297. The van der Waals surface area contributed by atoms with E-state index in [9.17, 15) is 9.90 Å². The van der Waals surface area contributed by atoms with Crippen molar-refractivity contribution in [1.29, 1.82) is 0 Å². The second-order valence-electron chi connectivity index (χ2n) is 7.84. The number of furan rings is 1. The summed E-state index contributed by atoms with van der Waals surface area (Å²) in [6, 6.07) is 7.89. The molecule has 0 aliphatic heterocycles. The fourth-order valence-corrected chi connectivity index (χ4v) is 3.85. The topological polar surface area (TPSA) is 53.7 Å². The number of nitrogens with zero attached hydrogens (tertiary/aromatic N) is 1. The molecule has 4 heteroatoms. The highest BCUT2D eigenvalue weighted by Crippen LogP contribution is 2.44. The molecule has 0 spiro atoms. The Morgan fingerprint density at radius 1 is 1.36 bits per heavy atom. The van der Waals surface area contributed by atoms with E-state index in [0.717, 1.165) is 34.6 Å². The Morgan fingerprint density at radius 3 is 2.72 bits per heavy atom. The average Bonchev–Trinajstić information content (AvgIpc) is 2.83. The number of hydrogen-bond acceptors (Lipinski definition) is 3. The van der Waals surface area contributed by atoms with Crippen LogP contribution in [-0.4, -0.2) is 17.6 Å². The number of aliphatic hydroxyl groups excluding tert-OH is 1. The van der Waals surface area contributed by atoms with Gasteiger partial charge in [-0.2, -0.15) is 0 Å². The van der Waals surface area contributed by atoms with Crippen LogP contribution in [0.15, 0.2) is 28.7 Å². The van der Waals surface area contributed by atoms with Crippen molar-refractivity contribution in [3.8, 4) is 0 Å². The number of anilines is 1. The van der Waals surface area contributed by atoms with Crippen molar-refractivity contribution in [2.45, 2.75) is 53.6 Å². The van der Waals surface area contributed by atoms with Gasteiger partial charge in [0, 0.05) is 29.8 Å². The standard InChI is InChI=1S/C21H27NO3/c1-6-22(15-9-7-8-13(2)10-15)20(24)19-14(3)18-16(23)11-21(4,5)12-17(18)25-19/h7-10,16,23H,6,11-12H2,1-5H3. The van der Waals surface area contributed by atoms with Crippen LogP contribution in [-0.2, 0) is 6.42 Å². The lowest BCUT2D eigenvalue weighted by atomic mass is 9.75. The van der Waals surface area contributed by atoms with Crippen molar-refractivity contribution in [3.63, 3.8) is 0 Å². The first kappa shape index (κ1) is 17.7. The summed E-state index contributed by atoms with van der Waals surface area (Å²) < 4.78 is 5.99. The van der Waals surface area contributed by atoms with Crippen molar-refractivity contribution < 1.29 is 14.3 Å². The zero-order valence-corrected chi connectivity index (χ0v) is 15.7. The molecule has 3 rings (SSSR count). The van der Waals surface area contributed by atoms with Gasteiger partial charge in [-0.15, -0.1) is 0 Å². The highest BCUT2D eigenvalue weighted by Gasteiger charge is 2.37. The summed E-state index contributed by atoms with van der Waals surface area (Å²) in [6.45, 7) is 10.6. The van der Waals surface area contributed by atoms with Gasteiger partial charge in [0.25, 0.3) is 5.91 Å². The van der Waals surface area contributed by atoms with Crippen LogP contribution in [0.5, 0.6) is 0 Å². The third kappa shape index (κ3) is 3.23. The van der Waals surface area contributed by atoms with E-state index in [0.29, 0.717) is 18.7 Å². The quantitative estimate of drug-likeness (QED) is 0.890. The van der Waals surface area contributed by atoms with Crippen molar-refractivity contribution in [1.82, 2.24) is 0 Å². The number of amides is 1. The SMILES string of the molecule is CCN(C(=O)c1oc2c(c1C)C(O)CC(C)(C)C2)c1cccc(C)c1. The summed E-state index contributed by atoms with van der Waals surface area (Å²) in [6.07, 6.45) is 0.853. The van der Waals surface area contributed by atoms with Gasteiger partial charge in [0.1, 0.15) is 5.76 Å². The Kier molecular flexibility index (Phi) is 4.50. The predicted molar refractivity (Wildman–Crippen MR) is 99.0 cm³/mol. The maximum Gasteiger partial charge on any atom is 0.294 e. The molecule has 0 saturated carbocycles. The molecule has 4 nitrogen and oxygen atoms in total. The lowest BCUT2D eigenvalue weighted by Gasteiger charge is -2.31. The first-order valence-corrected chi connectivity index (χ1v) is 8.92. The average molecular weight is 341 g/mol. The fourth-order valence-electron chi connectivity index (χ4n) is 3.85. The van der Waals surface area contributed by atoms with Gasteiger partial charge >= 0.3 is 0 Å². The summed E-state index contributed by atoms with van der Waals surface area (Å²) in [4.78, 5) is 14.9. The molecule has 1 amide bonds. The third-order valence-electron chi connectivity index (χ3n) is 5.06. The number of carbonyl (C=O) groups is 1. The largest absolute Gasteiger partial charge is 0.455 e. The molecule has 134 valence electrons. The molecule has 0 radical (unpaired) electrons. The minimum Gasteiger partial charge on any atom is -0.455 e. The summed E-state index contributed by atoms with van der Waals surface area (Å²) in [5, 5.41) is 10.5. The lowest BCUT2D eigenvalue weighted by molar-refractivity contribution is 0.0901. The molecule has 1 N–H and O–H groups in total. The van der Waals surface area contributed by atoms with Crippen molar-refractivity contribution >= 4 is 11.6 Å². The highest BCUT2D eigenvalue weighted by molar-refractivity contribution is 6.05. The Morgan fingerprint density at radius 2 is 2.08 bits per heavy atom. The molecule has 1 aliphatic rings. The van der Waals surface area contributed by atoms with E-state index < -0.39 is 6.10 Å². The van der Waals surface area contributed by atoms with Gasteiger partial charge < -0.3 is 14.4 Å². The van der Waals surface area contributed by atoms with E-state index in [-0.39, 0.29) is 11.3 Å². The zero-order chi connectivity index (χ0) is 18.4. The Labute approximate surface area is 149 Å². The van der Waals surface area contributed by atoms with Crippen LogP contribution in [0.25, 0.3) is 0 Å². The summed E-state index contributed by atoms with van der Waals surface area (Å²) in [7, 11) is 0. The molecule has 1 aromatic heterocycles. The van der Waals surface area contributed by atoms with Crippen LogP contribution < -0.4 is 4.90 Å². The number of carbonyl (C=O) groups excluding carboxylic acids is 1. The number of rotatable bonds is 3. The number of hydrogen-bond donors (Lipinski definition) is 1. The third-order valence-corrected chi connectivity index (χ3v) is 5.06. The molecule has 1 atom stereocenters. The fraction of sp³-hybridized carbons (Fsp3) is 0.476. The van der Waals surface area contributed by atoms with Gasteiger partial charge in [-0.25, -0.2) is 0 Å². The Bertz CT molecular complexity index is 803. The molecular formula is C21H27NO3. The molecule has 1 aliphatic carbocycles. The number of aryl methyl sites for hydroxylation is 1. The van der Waals surface area contributed by atoms with Crippen LogP contribution in [0, 0.1) is 19.3 Å². The summed E-state index contributed by atoms with van der Waals surface area (Å²) >= 11 is 0. The van der Waals surface area contributed by atoms with Crippen LogP contribution in [0.4, 0.5) is 5.69 Å². The molecule has 1 unspecified atom stereocenters. The van der Waals surface area contributed by atoms with Gasteiger partial charge in [-0.3, -0.25) is 4.79 Å². The van der Waals surface area contributed by atoms with Crippen LogP contribution >= 0.6 is 0 Å². The van der Waals surface area contributed by atoms with Gasteiger partial charge in [0.05, 0.1) is 6.10 Å². The van der Waals surface area contributed by atoms with E-state index >= 15 is 0 Å². The van der Waals surface area contributed by atoms with Crippen molar-refractivity contribution in [2.75, 3.05) is 11.4 Å². The molecule has 0 saturated heterocycles. The minimum atomic E-state index is -0.571. The predicted octanol–water partition coefficient (Wildman–Crippen LogP) is 4.57. The second-order valence-corrected chi connectivity index (χ2v) is 7.84. The number of benzene rings is 1. The summed E-state index contributed by atoms with van der Waals surface area (Å²) in [5.74, 6) is 0.958. The molecule has 1 aromatic carbocycles. The molecular weight excluding hydrogens is 314 g/mol. The molecule has 1 heterocycles. The lowest BCUT2D eigenvalue weighted by Crippen LogP contribution is -2.30. The second kappa shape index (κ2) is 6.34. The molecule has 0 bridgehead atoms. The number of fused-ring (bicyclic) bond motifs is 1. The normalized spacial score (nSPS) is 18.7. The van der Waals surface area contributed by atoms with Gasteiger partial charge in [-0.1, -0.05) is 26.0 Å². The van der Waals surface area contributed by atoms with Gasteiger partial charge in [0.2, 0.25) is 0 Å². The van der Waals surface area contributed by atoms with E-state index in [4.69, 9.17) is 4.42 Å². The summed E-state index contributed by atoms with van der Waals surface area (Å²) in [5.41, 5.74) is 3.52. The monoisotopic (exact) mass is 341 g/mol. The van der Waals surface area contributed by atoms with Crippen LogP contribution in [0.3, 0.4) is 0 Å². The van der Waals surface area contributed by atoms with E-state index in [1.807, 2.05) is 45.0 Å². The molecule has 2 aromatic rings. The van der Waals surface area contributed by atoms with Gasteiger partial charge in [-0.05, 0) is 50.3 Å². The zero-order valence-electron chi connectivity index (χ0n) is 15.7. The van der Waals surface area contributed by atoms with Gasteiger partial charge in [0.15, 0.2) is 5.76 Å². The molecule has 0 fully saturated rings.